The standard InChI is InChI=1S/C17H20N6O/c1-2-6-18-7-3-8-24-14-4-5-15-16(9-14)19-12-20-17(15)23-13-10-21-22-11-13/h2,4-5,9-12,18H,1,3,6-8H2,(H,21,22)(H,19,20,23). The van der Waals surface area contributed by atoms with Gasteiger partial charge in [0.15, 0.2) is 0 Å². The van der Waals surface area contributed by atoms with E-state index in [0.717, 1.165) is 47.7 Å². The van der Waals surface area contributed by atoms with Gasteiger partial charge in [-0.3, -0.25) is 5.10 Å². The van der Waals surface area contributed by atoms with Crippen LogP contribution in [0.5, 0.6) is 5.75 Å². The number of hydrogen-bond donors (Lipinski definition) is 3. The number of benzene rings is 1. The molecule has 0 unspecified atom stereocenters. The fraction of sp³-hybridized carbons (Fsp3) is 0.235. The summed E-state index contributed by atoms with van der Waals surface area (Å²) in [6.07, 6.45) is 7.79. The van der Waals surface area contributed by atoms with Crippen molar-refractivity contribution in [2.75, 3.05) is 25.0 Å². The molecule has 7 nitrogen and oxygen atoms in total. The normalized spacial score (nSPS) is 10.7. The number of fused-ring (bicyclic) bond motifs is 1. The minimum atomic E-state index is 0.654. The third kappa shape index (κ3) is 4.08. The molecular weight excluding hydrogens is 304 g/mol. The highest BCUT2D eigenvalue weighted by molar-refractivity contribution is 5.91. The van der Waals surface area contributed by atoms with Gasteiger partial charge in [0.2, 0.25) is 0 Å². The number of ether oxygens (including phenoxy) is 1. The average molecular weight is 324 g/mol. The van der Waals surface area contributed by atoms with Crippen molar-refractivity contribution in [3.8, 4) is 5.75 Å². The van der Waals surface area contributed by atoms with E-state index in [-0.39, 0.29) is 0 Å². The molecule has 124 valence electrons. The van der Waals surface area contributed by atoms with E-state index in [1.54, 1.807) is 12.4 Å². The molecule has 0 saturated heterocycles. The molecule has 24 heavy (non-hydrogen) atoms. The Morgan fingerprint density at radius 2 is 2.25 bits per heavy atom. The summed E-state index contributed by atoms with van der Waals surface area (Å²) < 4.78 is 5.78. The van der Waals surface area contributed by atoms with Crippen molar-refractivity contribution in [1.82, 2.24) is 25.5 Å². The molecule has 0 amide bonds. The van der Waals surface area contributed by atoms with E-state index in [4.69, 9.17) is 4.74 Å². The second kappa shape index (κ2) is 8.07. The minimum Gasteiger partial charge on any atom is -0.493 e. The van der Waals surface area contributed by atoms with Crippen LogP contribution in [0, 0.1) is 0 Å². The Bertz CT molecular complexity index is 787. The van der Waals surface area contributed by atoms with Crippen molar-refractivity contribution in [1.29, 1.82) is 0 Å². The summed E-state index contributed by atoms with van der Waals surface area (Å²) >= 11 is 0. The lowest BCUT2D eigenvalue weighted by atomic mass is 10.2. The van der Waals surface area contributed by atoms with Gasteiger partial charge in [0.05, 0.1) is 24.0 Å². The van der Waals surface area contributed by atoms with Crippen molar-refractivity contribution < 1.29 is 4.74 Å². The predicted octanol–water partition coefficient (Wildman–Crippen LogP) is 2.64. The summed E-state index contributed by atoms with van der Waals surface area (Å²) in [5.74, 6) is 1.54. The van der Waals surface area contributed by atoms with Crippen LogP contribution in [-0.4, -0.2) is 39.9 Å². The highest BCUT2D eigenvalue weighted by Crippen LogP contribution is 2.25. The lowest BCUT2D eigenvalue weighted by Crippen LogP contribution is -2.17. The van der Waals surface area contributed by atoms with Crippen LogP contribution in [0.1, 0.15) is 6.42 Å². The quantitative estimate of drug-likeness (QED) is 0.414. The van der Waals surface area contributed by atoms with E-state index in [2.05, 4.69) is 37.4 Å². The van der Waals surface area contributed by atoms with E-state index in [1.165, 1.54) is 6.33 Å². The molecule has 3 aromatic rings. The van der Waals surface area contributed by atoms with Gasteiger partial charge >= 0.3 is 0 Å². The fourth-order valence-corrected chi connectivity index (χ4v) is 2.27. The van der Waals surface area contributed by atoms with E-state index >= 15 is 0 Å². The van der Waals surface area contributed by atoms with Gasteiger partial charge in [-0.1, -0.05) is 6.08 Å². The molecule has 0 fully saturated rings. The number of aromatic nitrogens is 4. The van der Waals surface area contributed by atoms with Crippen LogP contribution in [0.4, 0.5) is 11.5 Å². The molecule has 0 spiro atoms. The summed E-state index contributed by atoms with van der Waals surface area (Å²) in [5, 5.41) is 14.1. The van der Waals surface area contributed by atoms with Gasteiger partial charge in [-0.15, -0.1) is 6.58 Å². The third-order valence-corrected chi connectivity index (χ3v) is 3.42. The molecule has 0 radical (unpaired) electrons. The zero-order valence-corrected chi connectivity index (χ0v) is 13.3. The number of anilines is 2. The van der Waals surface area contributed by atoms with Crippen LogP contribution >= 0.6 is 0 Å². The van der Waals surface area contributed by atoms with Gasteiger partial charge < -0.3 is 15.4 Å². The van der Waals surface area contributed by atoms with Crippen LogP contribution in [0.25, 0.3) is 10.9 Å². The molecule has 7 heteroatoms. The molecule has 0 aliphatic rings. The summed E-state index contributed by atoms with van der Waals surface area (Å²) in [5.41, 5.74) is 1.68. The third-order valence-electron chi connectivity index (χ3n) is 3.42. The van der Waals surface area contributed by atoms with Crippen molar-refractivity contribution >= 4 is 22.4 Å². The Balaban J connectivity index is 1.64. The highest BCUT2D eigenvalue weighted by atomic mass is 16.5. The monoisotopic (exact) mass is 324 g/mol. The molecule has 0 bridgehead atoms. The Hall–Kier alpha value is -2.93. The fourth-order valence-electron chi connectivity index (χ4n) is 2.27. The molecule has 0 atom stereocenters. The lowest BCUT2D eigenvalue weighted by molar-refractivity contribution is 0.309. The second-order valence-corrected chi connectivity index (χ2v) is 5.21. The summed E-state index contributed by atoms with van der Waals surface area (Å²) in [6, 6.07) is 5.82. The molecular formula is C17H20N6O. The number of hydrogen-bond acceptors (Lipinski definition) is 6. The Kier molecular flexibility index (Phi) is 5.36. The van der Waals surface area contributed by atoms with Gasteiger partial charge in [0.1, 0.15) is 17.9 Å². The Labute approximate surface area is 140 Å². The van der Waals surface area contributed by atoms with Crippen LogP contribution < -0.4 is 15.4 Å². The maximum atomic E-state index is 5.78. The number of nitrogens with one attached hydrogen (secondary N) is 3. The number of nitrogens with zero attached hydrogens (tertiary/aromatic N) is 3. The molecule has 0 saturated carbocycles. The van der Waals surface area contributed by atoms with Crippen molar-refractivity contribution in [2.45, 2.75) is 6.42 Å². The zero-order valence-electron chi connectivity index (χ0n) is 13.3. The average Bonchev–Trinajstić information content (AvgIpc) is 3.11. The van der Waals surface area contributed by atoms with Gasteiger partial charge in [0, 0.05) is 24.2 Å². The van der Waals surface area contributed by atoms with Crippen LogP contribution in [0.15, 0.2) is 49.6 Å². The topological polar surface area (TPSA) is 87.8 Å². The van der Waals surface area contributed by atoms with Gasteiger partial charge in [-0.25, -0.2) is 9.97 Å². The predicted molar refractivity (Wildman–Crippen MR) is 94.6 cm³/mol. The minimum absolute atomic E-state index is 0.654. The molecule has 1 aromatic carbocycles. The van der Waals surface area contributed by atoms with Crippen LogP contribution in [0.3, 0.4) is 0 Å². The van der Waals surface area contributed by atoms with E-state index in [1.807, 2.05) is 24.3 Å². The van der Waals surface area contributed by atoms with Crippen molar-refractivity contribution in [2.24, 2.45) is 0 Å². The summed E-state index contributed by atoms with van der Waals surface area (Å²) in [4.78, 5) is 8.62. The first-order chi connectivity index (χ1) is 11.9. The lowest BCUT2D eigenvalue weighted by Gasteiger charge is -2.09. The van der Waals surface area contributed by atoms with Gasteiger partial charge in [-0.2, -0.15) is 5.10 Å². The van der Waals surface area contributed by atoms with E-state index in [0.29, 0.717) is 6.61 Å². The van der Waals surface area contributed by atoms with Gasteiger partial charge in [-0.05, 0) is 25.1 Å². The Morgan fingerprint density at radius 3 is 3.08 bits per heavy atom. The van der Waals surface area contributed by atoms with Gasteiger partial charge in [0.25, 0.3) is 0 Å². The van der Waals surface area contributed by atoms with Crippen LogP contribution in [0.2, 0.25) is 0 Å². The first-order valence-electron chi connectivity index (χ1n) is 7.82. The first kappa shape index (κ1) is 15.9. The molecule has 2 aromatic heterocycles. The van der Waals surface area contributed by atoms with E-state index in [9.17, 15) is 0 Å². The first-order valence-corrected chi connectivity index (χ1v) is 7.82. The molecule has 2 heterocycles. The van der Waals surface area contributed by atoms with Crippen LogP contribution in [-0.2, 0) is 0 Å². The van der Waals surface area contributed by atoms with Crippen molar-refractivity contribution in [3.05, 3.63) is 49.6 Å². The molecule has 3 N–H and O–H groups in total. The van der Waals surface area contributed by atoms with Crippen molar-refractivity contribution in [3.63, 3.8) is 0 Å². The Morgan fingerprint density at radius 1 is 1.29 bits per heavy atom. The molecule has 0 aliphatic carbocycles. The SMILES string of the molecule is C=CCNCCCOc1ccc2c(Nc3cn[nH]c3)ncnc2c1. The molecule has 3 rings (SSSR count). The highest BCUT2D eigenvalue weighted by Gasteiger charge is 2.06. The maximum Gasteiger partial charge on any atom is 0.141 e. The maximum absolute atomic E-state index is 5.78. The van der Waals surface area contributed by atoms with E-state index < -0.39 is 0 Å². The molecule has 0 aliphatic heterocycles. The summed E-state index contributed by atoms with van der Waals surface area (Å²) in [7, 11) is 0. The number of aromatic amines is 1. The number of H-pyrrole nitrogens is 1. The largest absolute Gasteiger partial charge is 0.493 e. The number of rotatable bonds is 9. The zero-order chi connectivity index (χ0) is 16.6. The smallest absolute Gasteiger partial charge is 0.141 e. The second-order valence-electron chi connectivity index (χ2n) is 5.21. The summed E-state index contributed by atoms with van der Waals surface area (Å²) in [6.45, 7) is 6.04.